The molecule has 3 N–H and O–H groups in total. The fourth-order valence-corrected chi connectivity index (χ4v) is 5.03. The molecule has 1 rings (SSSR count). The Morgan fingerprint density at radius 1 is 1.06 bits per heavy atom. The molecule has 0 fully saturated rings. The van der Waals surface area contributed by atoms with E-state index in [1.165, 1.54) is 44.9 Å². The summed E-state index contributed by atoms with van der Waals surface area (Å²) in [6.45, 7) is 2.93. The SMILES string of the molecule is CCCC/C=C/CCCCCCCCCC(=O)C1=NCC[N+]1(CCO)CC(O)CS(=O)(=O)O. The van der Waals surface area contributed by atoms with Gasteiger partial charge in [0.2, 0.25) is 5.78 Å². The minimum absolute atomic E-state index is 0.0289. The van der Waals surface area contributed by atoms with Crippen molar-refractivity contribution in [1.29, 1.82) is 0 Å². The highest BCUT2D eigenvalue weighted by Crippen LogP contribution is 2.20. The van der Waals surface area contributed by atoms with Crippen molar-refractivity contribution in [2.45, 2.75) is 90.1 Å². The third kappa shape index (κ3) is 12.8. The van der Waals surface area contributed by atoms with E-state index >= 15 is 0 Å². The molecule has 0 spiro atoms. The van der Waals surface area contributed by atoms with Gasteiger partial charge in [-0.15, -0.1) is 0 Å². The minimum atomic E-state index is -4.33. The first-order valence-electron chi connectivity index (χ1n) is 12.6. The Labute approximate surface area is 200 Å². The van der Waals surface area contributed by atoms with Crippen molar-refractivity contribution in [3.05, 3.63) is 12.2 Å². The molecule has 33 heavy (non-hydrogen) atoms. The molecule has 0 aromatic heterocycles. The third-order valence-corrected chi connectivity index (χ3v) is 6.95. The van der Waals surface area contributed by atoms with Crippen LogP contribution in [-0.2, 0) is 14.9 Å². The van der Waals surface area contributed by atoms with Crippen LogP contribution in [0, 0.1) is 0 Å². The van der Waals surface area contributed by atoms with Crippen molar-refractivity contribution in [1.82, 2.24) is 0 Å². The van der Waals surface area contributed by atoms with Gasteiger partial charge in [0.25, 0.3) is 16.0 Å². The van der Waals surface area contributed by atoms with Gasteiger partial charge < -0.3 is 10.2 Å². The molecule has 0 aliphatic carbocycles. The van der Waals surface area contributed by atoms with Gasteiger partial charge in [0.05, 0.1) is 13.2 Å². The Hall–Kier alpha value is -1.13. The van der Waals surface area contributed by atoms with Gasteiger partial charge in [-0.25, -0.2) is 4.99 Å². The summed E-state index contributed by atoms with van der Waals surface area (Å²) in [7, 11) is -4.33. The number of ketones is 1. The van der Waals surface area contributed by atoms with E-state index < -0.39 is 22.0 Å². The highest BCUT2D eigenvalue weighted by atomic mass is 32.2. The lowest BCUT2D eigenvalue weighted by Gasteiger charge is -2.34. The van der Waals surface area contributed by atoms with Crippen molar-refractivity contribution < 1.29 is 32.5 Å². The molecule has 0 saturated heterocycles. The van der Waals surface area contributed by atoms with E-state index in [9.17, 15) is 23.4 Å². The number of hydrogen-bond donors (Lipinski definition) is 3. The predicted octanol–water partition coefficient (Wildman–Crippen LogP) is 3.28. The van der Waals surface area contributed by atoms with Crippen molar-refractivity contribution in [3.63, 3.8) is 0 Å². The smallest absolute Gasteiger partial charge is 0.267 e. The van der Waals surface area contributed by atoms with E-state index in [1.807, 2.05) is 0 Å². The average molecular weight is 490 g/mol. The molecule has 0 saturated carbocycles. The molecule has 1 aliphatic rings. The molecule has 1 heterocycles. The quantitative estimate of drug-likeness (QED) is 0.104. The van der Waals surface area contributed by atoms with Gasteiger partial charge in [0.1, 0.15) is 31.5 Å². The second kappa shape index (κ2) is 16.5. The molecule has 0 radical (unpaired) electrons. The van der Waals surface area contributed by atoms with Crippen LogP contribution < -0.4 is 0 Å². The molecule has 0 amide bonds. The molecule has 0 aromatic rings. The Morgan fingerprint density at radius 2 is 1.67 bits per heavy atom. The molecule has 9 heteroatoms. The van der Waals surface area contributed by atoms with Crippen LogP contribution in [-0.4, -0.2) is 83.9 Å². The maximum absolute atomic E-state index is 12.8. The van der Waals surface area contributed by atoms with Gasteiger partial charge in [0.15, 0.2) is 0 Å². The van der Waals surface area contributed by atoms with E-state index in [4.69, 9.17) is 4.55 Å². The number of aliphatic hydroxyl groups excluding tert-OH is 2. The molecule has 192 valence electrons. The number of aliphatic imine (C=N–C) groups is 1. The molecule has 2 unspecified atom stereocenters. The van der Waals surface area contributed by atoms with Gasteiger partial charge >= 0.3 is 0 Å². The number of aliphatic hydroxyl groups is 2. The van der Waals surface area contributed by atoms with Crippen LogP contribution in [0.5, 0.6) is 0 Å². The zero-order chi connectivity index (χ0) is 24.6. The fourth-order valence-electron chi connectivity index (χ4n) is 4.43. The predicted molar refractivity (Wildman–Crippen MR) is 132 cm³/mol. The molecule has 8 nitrogen and oxygen atoms in total. The Bertz CT molecular complexity index is 722. The first kappa shape index (κ1) is 29.9. The van der Waals surface area contributed by atoms with Gasteiger partial charge in [0, 0.05) is 6.42 Å². The van der Waals surface area contributed by atoms with E-state index in [2.05, 4.69) is 24.1 Å². The number of Topliss-reactive ketones (excluding diaryl/α,β-unsaturated/α-hetero) is 1. The number of unbranched alkanes of at least 4 members (excludes halogenated alkanes) is 9. The zero-order valence-electron chi connectivity index (χ0n) is 20.3. The van der Waals surface area contributed by atoms with Crippen LogP contribution in [0.3, 0.4) is 0 Å². The normalized spacial score (nSPS) is 19.8. The highest BCUT2D eigenvalue weighted by Gasteiger charge is 2.43. The van der Waals surface area contributed by atoms with Gasteiger partial charge in [-0.05, 0) is 25.7 Å². The topological polar surface area (TPSA) is 124 Å². The van der Waals surface area contributed by atoms with Crippen LogP contribution in [0.4, 0.5) is 0 Å². The summed E-state index contributed by atoms with van der Waals surface area (Å²) in [5, 5.41) is 19.6. The molecular weight excluding hydrogens is 444 g/mol. The largest absolute Gasteiger partial charge is 0.390 e. The summed E-state index contributed by atoms with van der Waals surface area (Å²) in [5.41, 5.74) is 0. The summed E-state index contributed by atoms with van der Waals surface area (Å²) in [6.07, 6.45) is 16.2. The molecule has 0 bridgehead atoms. The summed E-state index contributed by atoms with van der Waals surface area (Å²) in [4.78, 5) is 17.2. The lowest BCUT2D eigenvalue weighted by Crippen LogP contribution is -2.59. The standard InChI is InChI=1S/C24H44N2O6S/c1-2-3-4-5-6-7-8-9-10-11-12-13-14-15-23(29)24-25-16-17-26(24,18-19-27)20-22(28)21-33(30,31)32/h5-6,22,27-28H,2-4,7-21H2,1H3/p+1/b6-5+. The second-order valence-corrected chi connectivity index (χ2v) is 10.7. The fraction of sp³-hybridized carbons (Fsp3) is 0.833. The number of quaternary nitrogens is 1. The maximum atomic E-state index is 12.8. The van der Waals surface area contributed by atoms with E-state index in [-0.39, 0.29) is 30.0 Å². The lowest BCUT2D eigenvalue weighted by atomic mass is 10.0. The number of carbonyl (C=O) groups excluding carboxylic acids is 1. The Morgan fingerprint density at radius 3 is 2.27 bits per heavy atom. The monoisotopic (exact) mass is 489 g/mol. The van der Waals surface area contributed by atoms with Crippen molar-refractivity contribution >= 4 is 21.7 Å². The average Bonchev–Trinajstić information content (AvgIpc) is 3.13. The number of hydrogen-bond acceptors (Lipinski definition) is 6. The van der Waals surface area contributed by atoms with E-state index in [0.717, 1.165) is 25.7 Å². The van der Waals surface area contributed by atoms with Gasteiger partial charge in [-0.3, -0.25) is 13.8 Å². The number of rotatable bonds is 20. The minimum Gasteiger partial charge on any atom is -0.390 e. The Kier molecular flexibility index (Phi) is 14.9. The number of allylic oxidation sites excluding steroid dienone is 2. The van der Waals surface area contributed by atoms with Crippen LogP contribution in [0.15, 0.2) is 17.1 Å². The summed E-state index contributed by atoms with van der Waals surface area (Å²) >= 11 is 0. The first-order chi connectivity index (χ1) is 15.7. The summed E-state index contributed by atoms with van der Waals surface area (Å²) in [5.74, 6) is -0.588. The van der Waals surface area contributed by atoms with E-state index in [1.54, 1.807) is 0 Å². The Balaban J connectivity index is 2.31. The highest BCUT2D eigenvalue weighted by molar-refractivity contribution is 7.85. The lowest BCUT2D eigenvalue weighted by molar-refractivity contribution is -0.837. The zero-order valence-corrected chi connectivity index (χ0v) is 21.1. The summed E-state index contributed by atoms with van der Waals surface area (Å²) < 4.78 is 31.1. The van der Waals surface area contributed by atoms with Crippen LogP contribution >= 0.6 is 0 Å². The van der Waals surface area contributed by atoms with E-state index in [0.29, 0.717) is 25.3 Å². The van der Waals surface area contributed by atoms with Gasteiger partial charge in [-0.2, -0.15) is 8.42 Å². The van der Waals surface area contributed by atoms with Gasteiger partial charge in [-0.1, -0.05) is 64.0 Å². The van der Waals surface area contributed by atoms with Crippen LogP contribution in [0.1, 0.15) is 84.0 Å². The van der Waals surface area contributed by atoms with Crippen molar-refractivity contribution in [2.24, 2.45) is 4.99 Å². The van der Waals surface area contributed by atoms with Crippen molar-refractivity contribution in [2.75, 3.05) is 38.5 Å². The molecular formula is C24H45N2O6S+. The van der Waals surface area contributed by atoms with Crippen LogP contribution in [0.2, 0.25) is 0 Å². The first-order valence-corrected chi connectivity index (χ1v) is 14.2. The molecule has 1 aliphatic heterocycles. The molecule has 0 aromatic carbocycles. The molecule has 2 atom stereocenters. The summed E-state index contributed by atoms with van der Waals surface area (Å²) in [6, 6.07) is 0. The van der Waals surface area contributed by atoms with Crippen LogP contribution in [0.25, 0.3) is 0 Å². The second-order valence-electron chi connectivity index (χ2n) is 9.16. The number of amidine groups is 1. The number of nitrogens with zero attached hydrogens (tertiary/aromatic N) is 2. The maximum Gasteiger partial charge on any atom is 0.267 e. The third-order valence-electron chi connectivity index (χ3n) is 6.15. The number of carbonyl (C=O) groups is 1. The van der Waals surface area contributed by atoms with Crippen molar-refractivity contribution in [3.8, 4) is 0 Å².